The second-order valence-corrected chi connectivity index (χ2v) is 8.92. The van der Waals surface area contributed by atoms with Gasteiger partial charge < -0.3 is 19.3 Å². The van der Waals surface area contributed by atoms with E-state index in [2.05, 4.69) is 41.0 Å². The monoisotopic (exact) mass is 415 g/mol. The van der Waals surface area contributed by atoms with Crippen molar-refractivity contribution >= 4 is 17.7 Å². The summed E-state index contributed by atoms with van der Waals surface area (Å²) < 4.78 is 10.6. The van der Waals surface area contributed by atoms with Crippen LogP contribution >= 0.6 is 0 Å². The topological polar surface area (TPSA) is 62.3 Å². The van der Waals surface area contributed by atoms with Crippen LogP contribution in [-0.2, 0) is 14.3 Å². The molecular formula is C23H33N3O4. The summed E-state index contributed by atoms with van der Waals surface area (Å²) in [6, 6.07) is 8.74. The zero-order valence-electron chi connectivity index (χ0n) is 18.1. The molecule has 164 valence electrons. The number of cyclic esters (lactones) is 1. The molecule has 7 heteroatoms. The number of benzene rings is 1. The fraction of sp³-hybridized carbons (Fsp3) is 0.652. The molecule has 7 nitrogen and oxygen atoms in total. The summed E-state index contributed by atoms with van der Waals surface area (Å²) in [5.74, 6) is -0.0683. The van der Waals surface area contributed by atoms with Crippen LogP contribution < -0.4 is 4.90 Å². The fourth-order valence-corrected chi connectivity index (χ4v) is 4.96. The molecule has 0 aliphatic carbocycles. The van der Waals surface area contributed by atoms with E-state index in [1.807, 2.05) is 0 Å². The van der Waals surface area contributed by atoms with Crippen molar-refractivity contribution in [3.05, 3.63) is 29.8 Å². The number of methoxy groups -OCH3 is 1. The highest BCUT2D eigenvalue weighted by Gasteiger charge is 2.50. The maximum Gasteiger partial charge on any atom is 0.409 e. The van der Waals surface area contributed by atoms with E-state index in [4.69, 9.17) is 9.47 Å². The number of carbonyl (C=O) groups excluding carboxylic acids is 2. The Labute approximate surface area is 178 Å². The molecule has 1 atom stereocenters. The average molecular weight is 416 g/mol. The highest BCUT2D eigenvalue weighted by molar-refractivity contribution is 5.79. The van der Waals surface area contributed by atoms with Crippen LogP contribution in [-0.4, -0.2) is 80.9 Å². The minimum atomic E-state index is -0.403. The smallest absolute Gasteiger partial charge is 0.409 e. The number of piperazine rings is 1. The molecule has 4 rings (SSSR count). The van der Waals surface area contributed by atoms with Gasteiger partial charge in [-0.1, -0.05) is 17.7 Å². The average Bonchev–Trinajstić information content (AvgIpc) is 3.08. The lowest BCUT2D eigenvalue weighted by Gasteiger charge is -2.36. The van der Waals surface area contributed by atoms with Gasteiger partial charge in [0.15, 0.2) is 0 Å². The summed E-state index contributed by atoms with van der Waals surface area (Å²) in [5, 5.41) is 0. The van der Waals surface area contributed by atoms with Crippen molar-refractivity contribution in [2.24, 2.45) is 5.41 Å². The number of hydrogen-bond acceptors (Lipinski definition) is 6. The SMILES string of the molecule is COC(=O)N1CCC2(CC1)CC(CCN1CCN(c3ccc(C)cc3)CC1)OC2=O. The number of carbonyl (C=O) groups is 2. The summed E-state index contributed by atoms with van der Waals surface area (Å²) in [4.78, 5) is 30.9. The first-order valence-corrected chi connectivity index (χ1v) is 11.1. The predicted molar refractivity (Wildman–Crippen MR) is 115 cm³/mol. The van der Waals surface area contributed by atoms with E-state index in [-0.39, 0.29) is 18.2 Å². The summed E-state index contributed by atoms with van der Waals surface area (Å²) in [5.41, 5.74) is 2.18. The Kier molecular flexibility index (Phi) is 6.18. The van der Waals surface area contributed by atoms with Crippen molar-refractivity contribution < 1.29 is 19.1 Å². The number of anilines is 1. The number of rotatable bonds is 4. The minimum absolute atomic E-state index is 0.00250. The Bertz CT molecular complexity index is 750. The van der Waals surface area contributed by atoms with Gasteiger partial charge in [0, 0.05) is 57.9 Å². The number of aryl methyl sites for hydroxylation is 1. The quantitative estimate of drug-likeness (QED) is 0.705. The number of hydrogen-bond donors (Lipinski definition) is 0. The number of piperidine rings is 1. The van der Waals surface area contributed by atoms with Crippen molar-refractivity contribution in [3.63, 3.8) is 0 Å². The van der Waals surface area contributed by atoms with Crippen LogP contribution in [0.1, 0.15) is 31.2 Å². The molecule has 3 saturated heterocycles. The van der Waals surface area contributed by atoms with E-state index in [0.717, 1.165) is 45.6 Å². The molecule has 0 aromatic heterocycles. The van der Waals surface area contributed by atoms with E-state index >= 15 is 0 Å². The number of ether oxygens (including phenoxy) is 2. The Morgan fingerprint density at radius 2 is 1.77 bits per heavy atom. The predicted octanol–water partition coefficient (Wildman–Crippen LogP) is 2.67. The molecule has 0 saturated carbocycles. The molecule has 30 heavy (non-hydrogen) atoms. The highest BCUT2D eigenvalue weighted by atomic mass is 16.6. The number of likely N-dealkylation sites (tertiary alicyclic amines) is 1. The van der Waals surface area contributed by atoms with Crippen LogP contribution in [0.4, 0.5) is 10.5 Å². The third-order valence-electron chi connectivity index (χ3n) is 7.02. The number of amides is 1. The summed E-state index contributed by atoms with van der Waals surface area (Å²) in [6.07, 6.45) is 2.71. The summed E-state index contributed by atoms with van der Waals surface area (Å²) in [6.45, 7) is 8.34. The lowest BCUT2D eigenvalue weighted by molar-refractivity contribution is -0.150. The van der Waals surface area contributed by atoms with Gasteiger partial charge in [0.2, 0.25) is 0 Å². The molecule has 3 fully saturated rings. The number of esters is 1. The van der Waals surface area contributed by atoms with Gasteiger partial charge in [0.25, 0.3) is 0 Å². The lowest BCUT2D eigenvalue weighted by Crippen LogP contribution is -2.47. The molecule has 3 aliphatic rings. The highest BCUT2D eigenvalue weighted by Crippen LogP contribution is 2.44. The first-order valence-electron chi connectivity index (χ1n) is 11.1. The van der Waals surface area contributed by atoms with Gasteiger partial charge in [-0.05, 0) is 38.3 Å². The molecule has 0 radical (unpaired) electrons. The van der Waals surface area contributed by atoms with Crippen molar-refractivity contribution in [2.45, 2.75) is 38.7 Å². The van der Waals surface area contributed by atoms with Crippen LogP contribution in [0.2, 0.25) is 0 Å². The van der Waals surface area contributed by atoms with Crippen LogP contribution in [0.15, 0.2) is 24.3 Å². The molecule has 1 amide bonds. The molecule has 0 N–H and O–H groups in total. The van der Waals surface area contributed by atoms with E-state index in [9.17, 15) is 9.59 Å². The normalized spacial score (nSPS) is 24.2. The third-order valence-corrected chi connectivity index (χ3v) is 7.02. The van der Waals surface area contributed by atoms with Crippen molar-refractivity contribution in [1.29, 1.82) is 0 Å². The number of nitrogens with zero attached hydrogens (tertiary/aromatic N) is 3. The fourth-order valence-electron chi connectivity index (χ4n) is 4.96. The molecule has 3 heterocycles. The first kappa shape index (κ1) is 21.0. The Balaban J connectivity index is 1.22. The lowest BCUT2D eigenvalue weighted by atomic mass is 9.76. The third kappa shape index (κ3) is 4.41. The molecule has 1 aromatic carbocycles. The standard InChI is InChI=1S/C23H33N3O4/c1-18-3-5-19(6-4-18)25-15-13-24(14-16-25)10-7-20-17-23(21(27)30-20)8-11-26(12-9-23)22(28)29-2/h3-6,20H,7-17H2,1-2H3. The zero-order valence-corrected chi connectivity index (χ0v) is 18.1. The van der Waals surface area contributed by atoms with Crippen molar-refractivity contribution in [3.8, 4) is 0 Å². The van der Waals surface area contributed by atoms with Gasteiger partial charge in [-0.15, -0.1) is 0 Å². The molecular weight excluding hydrogens is 382 g/mol. The van der Waals surface area contributed by atoms with Crippen LogP contribution in [0.25, 0.3) is 0 Å². The van der Waals surface area contributed by atoms with E-state index < -0.39 is 5.41 Å². The minimum Gasteiger partial charge on any atom is -0.462 e. The molecule has 1 aromatic rings. The van der Waals surface area contributed by atoms with Crippen LogP contribution in [0, 0.1) is 12.3 Å². The van der Waals surface area contributed by atoms with Gasteiger partial charge in [0.1, 0.15) is 6.10 Å². The van der Waals surface area contributed by atoms with Crippen LogP contribution in [0.5, 0.6) is 0 Å². The van der Waals surface area contributed by atoms with Gasteiger partial charge in [-0.25, -0.2) is 4.79 Å². The van der Waals surface area contributed by atoms with Crippen molar-refractivity contribution in [2.75, 3.05) is 57.8 Å². The molecule has 3 aliphatic heterocycles. The maximum absolute atomic E-state index is 12.6. The zero-order chi connectivity index (χ0) is 21.1. The maximum atomic E-state index is 12.6. The van der Waals surface area contributed by atoms with Gasteiger partial charge in [0.05, 0.1) is 12.5 Å². The Morgan fingerprint density at radius 1 is 1.10 bits per heavy atom. The van der Waals surface area contributed by atoms with Gasteiger partial charge in [-0.3, -0.25) is 9.69 Å². The summed E-state index contributed by atoms with van der Waals surface area (Å²) in [7, 11) is 1.40. The summed E-state index contributed by atoms with van der Waals surface area (Å²) >= 11 is 0. The molecule has 1 unspecified atom stereocenters. The second kappa shape index (κ2) is 8.84. The van der Waals surface area contributed by atoms with Gasteiger partial charge in [-0.2, -0.15) is 0 Å². The van der Waals surface area contributed by atoms with E-state index in [1.54, 1.807) is 4.90 Å². The van der Waals surface area contributed by atoms with Crippen LogP contribution in [0.3, 0.4) is 0 Å². The van der Waals surface area contributed by atoms with E-state index in [0.29, 0.717) is 25.9 Å². The largest absolute Gasteiger partial charge is 0.462 e. The molecule has 0 bridgehead atoms. The van der Waals surface area contributed by atoms with Gasteiger partial charge >= 0.3 is 12.1 Å². The first-order chi connectivity index (χ1) is 14.5. The van der Waals surface area contributed by atoms with Crippen molar-refractivity contribution in [1.82, 2.24) is 9.80 Å². The Hall–Kier alpha value is -2.28. The Morgan fingerprint density at radius 3 is 2.40 bits per heavy atom. The molecule has 1 spiro atoms. The second-order valence-electron chi connectivity index (χ2n) is 8.92. The van der Waals surface area contributed by atoms with E-state index in [1.165, 1.54) is 18.4 Å².